The lowest BCUT2D eigenvalue weighted by Crippen LogP contribution is -2.29. The highest BCUT2D eigenvalue weighted by molar-refractivity contribution is 7.90. The first-order chi connectivity index (χ1) is 17.2. The van der Waals surface area contributed by atoms with Gasteiger partial charge in [-0.1, -0.05) is 23.5 Å². The number of sulfone groups is 1. The van der Waals surface area contributed by atoms with Crippen molar-refractivity contribution in [3.8, 4) is 10.9 Å². The number of alkyl halides is 3. The van der Waals surface area contributed by atoms with Gasteiger partial charge >= 0.3 is 6.36 Å². The van der Waals surface area contributed by atoms with Gasteiger partial charge < -0.3 is 15.4 Å². The van der Waals surface area contributed by atoms with Crippen molar-refractivity contribution in [1.29, 1.82) is 0 Å². The summed E-state index contributed by atoms with van der Waals surface area (Å²) in [6.07, 6.45) is 0.761. The molecular formula is C21H19F3N6O5S2. The number of nitrogens with one attached hydrogen (secondary N) is 2. The van der Waals surface area contributed by atoms with E-state index in [1.54, 1.807) is 6.92 Å². The molecule has 2 N–H and O–H groups in total. The van der Waals surface area contributed by atoms with Crippen molar-refractivity contribution in [2.24, 2.45) is 0 Å². The molecule has 0 aliphatic heterocycles. The maximum absolute atomic E-state index is 13.0. The SMILES string of the molecule is CNC(=O)c1cnc(-n2nc(C3C=C3)nc2[C@H](C)NC(=O)c2cc(OC(F)(F)F)cc(S(C)(=O)=O)c2)s1. The van der Waals surface area contributed by atoms with Gasteiger partial charge in [-0.15, -0.1) is 18.3 Å². The molecule has 0 spiro atoms. The second-order valence-electron chi connectivity index (χ2n) is 7.95. The molecule has 37 heavy (non-hydrogen) atoms. The van der Waals surface area contributed by atoms with Crippen molar-refractivity contribution in [3.63, 3.8) is 0 Å². The van der Waals surface area contributed by atoms with E-state index in [0.29, 0.717) is 21.9 Å². The van der Waals surface area contributed by atoms with Crippen LogP contribution >= 0.6 is 11.3 Å². The van der Waals surface area contributed by atoms with E-state index in [9.17, 15) is 31.2 Å². The molecular weight excluding hydrogens is 537 g/mol. The van der Waals surface area contributed by atoms with Gasteiger partial charge in [0.2, 0.25) is 5.13 Å². The Hall–Kier alpha value is -3.79. The number of allylic oxidation sites excluding steroid dienone is 2. The highest BCUT2D eigenvalue weighted by Crippen LogP contribution is 2.31. The number of amides is 2. The normalized spacial score (nSPS) is 14.3. The number of thiazole rings is 1. The summed E-state index contributed by atoms with van der Waals surface area (Å²) in [5, 5.41) is 9.81. The Labute approximate surface area is 212 Å². The van der Waals surface area contributed by atoms with E-state index in [-0.39, 0.29) is 23.2 Å². The number of nitrogens with zero attached hydrogens (tertiary/aromatic N) is 4. The molecule has 196 valence electrons. The van der Waals surface area contributed by atoms with Crippen molar-refractivity contribution in [1.82, 2.24) is 30.4 Å². The van der Waals surface area contributed by atoms with E-state index in [1.165, 1.54) is 17.9 Å². The largest absolute Gasteiger partial charge is 0.573 e. The zero-order valence-electron chi connectivity index (χ0n) is 19.4. The van der Waals surface area contributed by atoms with E-state index < -0.39 is 38.8 Å². The van der Waals surface area contributed by atoms with Crippen LogP contribution in [0.4, 0.5) is 13.2 Å². The molecule has 0 saturated heterocycles. The summed E-state index contributed by atoms with van der Waals surface area (Å²) >= 11 is 1.04. The zero-order valence-corrected chi connectivity index (χ0v) is 21.0. The number of rotatable bonds is 8. The van der Waals surface area contributed by atoms with Crippen LogP contribution in [0.1, 0.15) is 50.6 Å². The number of carbonyl (C=O) groups is 2. The Kier molecular flexibility index (Phi) is 6.81. The molecule has 0 bridgehead atoms. The van der Waals surface area contributed by atoms with Gasteiger partial charge in [0.25, 0.3) is 11.8 Å². The monoisotopic (exact) mass is 556 g/mol. The summed E-state index contributed by atoms with van der Waals surface area (Å²) in [5.41, 5.74) is -0.375. The van der Waals surface area contributed by atoms with Crippen LogP contribution in [-0.2, 0) is 9.84 Å². The van der Waals surface area contributed by atoms with Crippen LogP contribution in [0.2, 0.25) is 0 Å². The Morgan fingerprint density at radius 1 is 1.19 bits per heavy atom. The highest BCUT2D eigenvalue weighted by atomic mass is 32.2. The van der Waals surface area contributed by atoms with Crippen LogP contribution in [0.5, 0.6) is 5.75 Å². The van der Waals surface area contributed by atoms with Crippen LogP contribution in [0.25, 0.3) is 5.13 Å². The number of halogens is 3. The smallest absolute Gasteiger partial charge is 0.406 e. The lowest BCUT2D eigenvalue weighted by Gasteiger charge is -2.15. The van der Waals surface area contributed by atoms with Gasteiger partial charge in [-0.2, -0.15) is 4.68 Å². The van der Waals surface area contributed by atoms with Crippen LogP contribution in [-0.4, -0.2) is 59.6 Å². The third-order valence-electron chi connectivity index (χ3n) is 5.00. The number of benzene rings is 1. The minimum absolute atomic E-state index is 0.102. The molecule has 0 unspecified atom stereocenters. The fourth-order valence-electron chi connectivity index (χ4n) is 3.18. The van der Waals surface area contributed by atoms with Crippen LogP contribution < -0.4 is 15.4 Å². The van der Waals surface area contributed by atoms with Gasteiger partial charge in [-0.25, -0.2) is 18.4 Å². The van der Waals surface area contributed by atoms with Crippen molar-refractivity contribution >= 4 is 33.0 Å². The molecule has 0 radical (unpaired) electrons. The van der Waals surface area contributed by atoms with E-state index in [0.717, 1.165) is 29.7 Å². The molecule has 2 aromatic heterocycles. The molecule has 0 saturated carbocycles. The van der Waals surface area contributed by atoms with Crippen LogP contribution in [0.3, 0.4) is 0 Å². The maximum atomic E-state index is 13.0. The summed E-state index contributed by atoms with van der Waals surface area (Å²) in [7, 11) is -2.49. The second kappa shape index (κ2) is 9.59. The van der Waals surface area contributed by atoms with Gasteiger partial charge in [0.1, 0.15) is 10.6 Å². The molecule has 4 rings (SSSR count). The minimum Gasteiger partial charge on any atom is -0.406 e. The average Bonchev–Trinajstić information content (AvgIpc) is 3.36. The number of aromatic nitrogens is 4. The number of ether oxygens (including phenoxy) is 1. The standard InChI is InChI=1S/C21H19F3N6O5S2/c1-10(27-18(31)12-6-13(35-21(22,23)24)8-14(7-12)37(3,33)34)17-28-16(11-4-5-11)29-30(17)20-26-9-15(36-20)19(32)25-2/h4-11H,1-3H3,(H,25,32)(H,27,31)/t10-/m0/s1. The minimum atomic E-state index is -5.10. The van der Waals surface area contributed by atoms with E-state index in [1.807, 2.05) is 12.2 Å². The first-order valence-electron chi connectivity index (χ1n) is 10.5. The molecule has 3 aromatic rings. The Bertz CT molecular complexity index is 1510. The molecule has 1 aromatic carbocycles. The molecule has 16 heteroatoms. The first kappa shape index (κ1) is 26.3. The Balaban J connectivity index is 1.65. The van der Waals surface area contributed by atoms with E-state index in [2.05, 4.69) is 30.4 Å². The van der Waals surface area contributed by atoms with Crippen molar-refractivity contribution in [3.05, 3.63) is 58.6 Å². The van der Waals surface area contributed by atoms with E-state index in [4.69, 9.17) is 0 Å². The third kappa shape index (κ3) is 6.14. The second-order valence-corrected chi connectivity index (χ2v) is 11.0. The fraction of sp³-hybridized carbons (Fsp3) is 0.286. The highest BCUT2D eigenvalue weighted by Gasteiger charge is 2.32. The lowest BCUT2D eigenvalue weighted by atomic mass is 10.2. The Morgan fingerprint density at radius 2 is 1.89 bits per heavy atom. The van der Waals surface area contributed by atoms with Gasteiger partial charge in [-0.3, -0.25) is 9.59 Å². The van der Waals surface area contributed by atoms with Crippen molar-refractivity contribution in [2.45, 2.75) is 30.1 Å². The number of carbonyl (C=O) groups excluding carboxylic acids is 2. The van der Waals surface area contributed by atoms with Crippen LogP contribution in [0.15, 0.2) is 41.4 Å². The quantitative estimate of drug-likeness (QED) is 0.403. The predicted molar refractivity (Wildman–Crippen MR) is 124 cm³/mol. The molecule has 1 aliphatic rings. The summed E-state index contributed by atoms with van der Waals surface area (Å²) in [5.74, 6) is -1.53. The third-order valence-corrected chi connectivity index (χ3v) is 7.06. The zero-order chi connectivity index (χ0) is 27.1. The fourth-order valence-corrected chi connectivity index (χ4v) is 4.67. The topological polar surface area (TPSA) is 145 Å². The lowest BCUT2D eigenvalue weighted by molar-refractivity contribution is -0.274. The molecule has 1 aliphatic carbocycles. The van der Waals surface area contributed by atoms with Crippen molar-refractivity contribution < 1.29 is 35.9 Å². The molecule has 0 fully saturated rings. The van der Waals surface area contributed by atoms with Gasteiger partial charge in [0, 0.05) is 18.9 Å². The van der Waals surface area contributed by atoms with Gasteiger partial charge in [0.05, 0.1) is 23.1 Å². The summed E-state index contributed by atoms with van der Waals surface area (Å²) in [6, 6.07) is 1.56. The van der Waals surface area contributed by atoms with E-state index >= 15 is 0 Å². The van der Waals surface area contributed by atoms with Gasteiger partial charge in [-0.05, 0) is 25.1 Å². The Morgan fingerprint density at radius 3 is 2.49 bits per heavy atom. The van der Waals surface area contributed by atoms with Crippen LogP contribution in [0, 0.1) is 0 Å². The predicted octanol–water partition coefficient (Wildman–Crippen LogP) is 2.53. The number of hydrogen-bond donors (Lipinski definition) is 2. The summed E-state index contributed by atoms with van der Waals surface area (Å²) in [6.45, 7) is 1.56. The first-order valence-corrected chi connectivity index (χ1v) is 13.2. The molecule has 1 atom stereocenters. The molecule has 2 amide bonds. The number of hydrogen-bond acceptors (Lipinski definition) is 9. The molecule has 2 heterocycles. The van der Waals surface area contributed by atoms with Crippen molar-refractivity contribution in [2.75, 3.05) is 13.3 Å². The van der Waals surface area contributed by atoms with Gasteiger partial charge in [0.15, 0.2) is 21.5 Å². The summed E-state index contributed by atoms with van der Waals surface area (Å²) in [4.78, 5) is 33.4. The summed E-state index contributed by atoms with van der Waals surface area (Å²) < 4.78 is 67.5. The maximum Gasteiger partial charge on any atom is 0.573 e. The average molecular weight is 557 g/mol. The molecule has 11 nitrogen and oxygen atoms in total.